The van der Waals surface area contributed by atoms with Crippen LogP contribution in [0.3, 0.4) is 0 Å². The molecule has 1 aromatic heterocycles. The molecule has 3 heterocycles. The third kappa shape index (κ3) is 2.96. The topological polar surface area (TPSA) is 74.8 Å². The molecular weight excluding hydrogens is 356 g/mol. The number of aromatic nitrogens is 1. The molecule has 2 aromatic rings. The minimum Gasteiger partial charge on any atom is -0.507 e. The number of carbonyl (C=O) groups excluding carboxylic acids is 1. The maximum atomic E-state index is 12.4. The summed E-state index contributed by atoms with van der Waals surface area (Å²) in [6, 6.07) is 5.81. The minimum absolute atomic E-state index is 0.0737. The number of carbonyl (C=O) groups is 1. The van der Waals surface area contributed by atoms with Crippen LogP contribution in [0.15, 0.2) is 30.0 Å². The summed E-state index contributed by atoms with van der Waals surface area (Å²) in [5, 5.41) is 11.3. The van der Waals surface area contributed by atoms with Crippen molar-refractivity contribution in [3.05, 3.63) is 41.3 Å². The van der Waals surface area contributed by atoms with Crippen molar-refractivity contribution in [1.82, 2.24) is 9.88 Å². The van der Waals surface area contributed by atoms with Crippen molar-refractivity contribution >= 4 is 16.9 Å². The lowest BCUT2D eigenvalue weighted by Crippen LogP contribution is -2.47. The number of nitrogens with one attached hydrogen (secondary N) is 1. The molecule has 0 amide bonds. The summed E-state index contributed by atoms with van der Waals surface area (Å²) in [5.74, 6) is 0.460. The molecule has 2 aliphatic heterocycles. The molecule has 0 bridgehead atoms. The van der Waals surface area contributed by atoms with Gasteiger partial charge in [-0.05, 0) is 42.4 Å². The normalized spacial score (nSPS) is 25.2. The largest absolute Gasteiger partial charge is 0.507 e. The van der Waals surface area contributed by atoms with Gasteiger partial charge in [0.05, 0.1) is 32.1 Å². The van der Waals surface area contributed by atoms with Gasteiger partial charge in [-0.2, -0.15) is 0 Å². The average molecular weight is 384 g/mol. The Labute approximate surface area is 165 Å². The highest BCUT2D eigenvalue weighted by Crippen LogP contribution is 2.46. The minimum atomic E-state index is -0.316. The Morgan fingerprint density at radius 3 is 2.93 bits per heavy atom. The third-order valence-electron chi connectivity index (χ3n) is 6.47. The van der Waals surface area contributed by atoms with E-state index in [1.165, 1.54) is 18.4 Å². The quantitative estimate of drug-likeness (QED) is 0.479. The number of aromatic hydroxyl groups is 1. The van der Waals surface area contributed by atoms with E-state index < -0.39 is 0 Å². The highest BCUT2D eigenvalue weighted by Gasteiger charge is 2.42. The van der Waals surface area contributed by atoms with Gasteiger partial charge in [0.15, 0.2) is 0 Å². The van der Waals surface area contributed by atoms with E-state index in [4.69, 9.17) is 9.47 Å². The smallest absolute Gasteiger partial charge is 0.337 e. The van der Waals surface area contributed by atoms with Crippen LogP contribution in [0.1, 0.15) is 37.1 Å². The van der Waals surface area contributed by atoms with E-state index >= 15 is 0 Å². The van der Waals surface area contributed by atoms with Gasteiger partial charge >= 0.3 is 5.97 Å². The van der Waals surface area contributed by atoms with Gasteiger partial charge in [-0.1, -0.05) is 19.4 Å². The lowest BCUT2D eigenvalue weighted by atomic mass is 9.74. The Bertz CT molecular complexity index is 917. The van der Waals surface area contributed by atoms with Crippen LogP contribution in [0, 0.1) is 11.8 Å². The number of phenols is 1. The maximum Gasteiger partial charge on any atom is 0.337 e. The number of benzene rings is 1. The molecule has 0 radical (unpaired) electrons. The molecular formula is C22H28N2O4. The Hall–Kier alpha value is -2.47. The van der Waals surface area contributed by atoms with Crippen LogP contribution in [-0.4, -0.2) is 48.3 Å². The summed E-state index contributed by atoms with van der Waals surface area (Å²) >= 11 is 0. The van der Waals surface area contributed by atoms with Crippen LogP contribution in [-0.2, 0) is 20.7 Å². The number of phenolic OH excluding ortho intramolecular Hbond substituents is 1. The molecule has 1 aromatic carbocycles. The zero-order valence-electron chi connectivity index (χ0n) is 16.7. The molecule has 6 nitrogen and oxygen atoms in total. The number of fused-ring (bicyclic) bond motifs is 5. The fraction of sp³-hybridized carbons (Fsp3) is 0.500. The van der Waals surface area contributed by atoms with Crippen molar-refractivity contribution in [2.75, 3.05) is 27.3 Å². The van der Waals surface area contributed by atoms with Crippen molar-refractivity contribution in [3.8, 4) is 5.75 Å². The van der Waals surface area contributed by atoms with Crippen LogP contribution < -0.4 is 0 Å². The van der Waals surface area contributed by atoms with Crippen LogP contribution in [0.5, 0.6) is 5.75 Å². The predicted molar refractivity (Wildman–Crippen MR) is 107 cm³/mol. The van der Waals surface area contributed by atoms with Crippen LogP contribution in [0.4, 0.5) is 0 Å². The second-order valence-corrected chi connectivity index (χ2v) is 7.79. The second-order valence-electron chi connectivity index (χ2n) is 7.79. The first-order valence-corrected chi connectivity index (χ1v) is 9.96. The van der Waals surface area contributed by atoms with Crippen molar-refractivity contribution in [1.29, 1.82) is 0 Å². The first-order chi connectivity index (χ1) is 13.6. The summed E-state index contributed by atoms with van der Waals surface area (Å²) in [5.41, 5.74) is 3.96. The number of methoxy groups -OCH3 is 2. The first-order valence-electron chi connectivity index (χ1n) is 9.96. The number of aromatic amines is 1. The molecule has 6 heteroatoms. The number of piperidine rings is 1. The molecule has 4 rings (SSSR count). The van der Waals surface area contributed by atoms with Crippen LogP contribution >= 0.6 is 0 Å². The number of rotatable bonds is 4. The Morgan fingerprint density at radius 1 is 1.39 bits per heavy atom. The van der Waals surface area contributed by atoms with Crippen molar-refractivity contribution in [2.24, 2.45) is 11.8 Å². The van der Waals surface area contributed by atoms with Gasteiger partial charge in [-0.25, -0.2) is 4.79 Å². The van der Waals surface area contributed by atoms with Gasteiger partial charge < -0.3 is 19.6 Å². The molecule has 28 heavy (non-hydrogen) atoms. The number of nitrogens with zero attached hydrogens (tertiary/aromatic N) is 1. The maximum absolute atomic E-state index is 12.4. The SMILES string of the molecule is CC[C@@H]1CN2CCc3c([nH]c4cccc(O)c34)[C@@H]2C[C@@H]1/C(=C\OC)C(=O)OC. The number of esters is 1. The summed E-state index contributed by atoms with van der Waals surface area (Å²) in [7, 11) is 2.99. The van der Waals surface area contributed by atoms with Gasteiger partial charge in [0.25, 0.3) is 0 Å². The van der Waals surface area contributed by atoms with E-state index in [0.29, 0.717) is 17.2 Å². The van der Waals surface area contributed by atoms with Gasteiger partial charge in [0.2, 0.25) is 0 Å². The standard InChI is InChI=1S/C22H28N2O4/c1-4-13-11-24-9-8-14-20-17(6-5-7-19(20)25)23-21(14)18(24)10-15(13)16(12-27-2)22(26)28-3/h5-7,12-13,15,18,23,25H,4,8-11H2,1-3H3/b16-12+/t13-,15+,18+/m1/s1. The monoisotopic (exact) mass is 384 g/mol. The molecule has 3 atom stereocenters. The predicted octanol–water partition coefficient (Wildman–Crippen LogP) is 3.52. The molecule has 1 fully saturated rings. The highest BCUT2D eigenvalue weighted by molar-refractivity contribution is 5.91. The summed E-state index contributed by atoms with van der Waals surface area (Å²) in [4.78, 5) is 18.5. The van der Waals surface area contributed by atoms with Crippen molar-refractivity contribution in [3.63, 3.8) is 0 Å². The zero-order chi connectivity index (χ0) is 19.8. The van der Waals surface area contributed by atoms with Crippen molar-refractivity contribution < 1.29 is 19.4 Å². The number of H-pyrrole nitrogens is 1. The van der Waals surface area contributed by atoms with E-state index in [-0.39, 0.29) is 17.9 Å². The van der Waals surface area contributed by atoms with Gasteiger partial charge in [0.1, 0.15) is 5.75 Å². The number of hydrogen-bond acceptors (Lipinski definition) is 5. The van der Waals surface area contributed by atoms with E-state index in [1.807, 2.05) is 12.1 Å². The Kier molecular flexibility index (Phi) is 5.06. The Balaban J connectivity index is 1.75. The molecule has 0 saturated carbocycles. The average Bonchev–Trinajstić information content (AvgIpc) is 3.10. The summed E-state index contributed by atoms with van der Waals surface area (Å²) < 4.78 is 10.3. The number of ether oxygens (including phenoxy) is 2. The third-order valence-corrected chi connectivity index (χ3v) is 6.47. The molecule has 150 valence electrons. The van der Waals surface area contributed by atoms with Gasteiger partial charge in [-0.3, -0.25) is 4.90 Å². The van der Waals surface area contributed by atoms with Crippen LogP contribution in [0.2, 0.25) is 0 Å². The van der Waals surface area contributed by atoms with Crippen LogP contribution in [0.25, 0.3) is 10.9 Å². The fourth-order valence-corrected chi connectivity index (χ4v) is 5.13. The lowest BCUT2D eigenvalue weighted by molar-refractivity contribution is -0.137. The van der Waals surface area contributed by atoms with E-state index in [0.717, 1.165) is 43.3 Å². The Morgan fingerprint density at radius 2 is 2.21 bits per heavy atom. The lowest BCUT2D eigenvalue weighted by Gasteiger charge is -2.46. The van der Waals surface area contributed by atoms with Crippen molar-refractivity contribution in [2.45, 2.75) is 32.2 Å². The molecule has 2 N–H and O–H groups in total. The fourth-order valence-electron chi connectivity index (χ4n) is 5.13. The van der Waals surface area contributed by atoms with E-state index in [2.05, 4.69) is 16.8 Å². The summed E-state index contributed by atoms with van der Waals surface area (Å²) in [6.07, 6.45) is 4.29. The molecule has 1 saturated heterocycles. The van der Waals surface area contributed by atoms with E-state index in [9.17, 15) is 9.90 Å². The summed E-state index contributed by atoms with van der Waals surface area (Å²) in [6.45, 7) is 4.07. The molecule has 2 aliphatic rings. The molecule has 0 spiro atoms. The zero-order valence-corrected chi connectivity index (χ0v) is 16.7. The highest BCUT2D eigenvalue weighted by atomic mass is 16.5. The second kappa shape index (κ2) is 7.51. The first kappa shape index (κ1) is 18.9. The van der Waals surface area contributed by atoms with E-state index in [1.54, 1.807) is 19.4 Å². The van der Waals surface area contributed by atoms with Gasteiger partial charge in [0, 0.05) is 29.7 Å². The van der Waals surface area contributed by atoms with Gasteiger partial charge in [-0.15, -0.1) is 0 Å². The molecule has 0 unspecified atom stereocenters. The molecule has 0 aliphatic carbocycles. The number of hydrogen-bond donors (Lipinski definition) is 2.